The van der Waals surface area contributed by atoms with Gasteiger partial charge in [0.2, 0.25) is 0 Å². The van der Waals surface area contributed by atoms with Gasteiger partial charge in [-0.25, -0.2) is 0 Å². The van der Waals surface area contributed by atoms with Crippen LogP contribution in [0.3, 0.4) is 0 Å². The molecular weight excluding hydrogens is 180 g/mol. The summed E-state index contributed by atoms with van der Waals surface area (Å²) in [5.74, 6) is -0.806. The summed E-state index contributed by atoms with van der Waals surface area (Å²) in [4.78, 5) is 21.9. The van der Waals surface area contributed by atoms with Crippen molar-refractivity contribution in [3.63, 3.8) is 0 Å². The van der Waals surface area contributed by atoms with E-state index in [-0.39, 0.29) is 5.69 Å². The molecule has 0 radical (unpaired) electrons. The normalized spacial score (nSPS) is 9.54. The average Bonchev–Trinajstić information content (AvgIpc) is 2.03. The molecule has 0 spiro atoms. The predicted octanol–water partition coefficient (Wildman–Crippen LogP) is 0.480. The Morgan fingerprint density at radius 1 is 1.31 bits per heavy atom. The van der Waals surface area contributed by atoms with Gasteiger partial charge in [-0.1, -0.05) is 0 Å². The van der Waals surface area contributed by atoms with E-state index in [0.717, 1.165) is 12.3 Å². The fourth-order valence-electron chi connectivity index (χ4n) is 0.737. The highest BCUT2D eigenvalue weighted by Gasteiger charge is 2.25. The van der Waals surface area contributed by atoms with Gasteiger partial charge in [0.1, 0.15) is 0 Å². The van der Waals surface area contributed by atoms with Gasteiger partial charge in [0.05, 0.1) is 16.7 Å². The molecule has 1 aromatic rings. The lowest BCUT2D eigenvalue weighted by molar-refractivity contribution is -0.425. The van der Waals surface area contributed by atoms with Crippen molar-refractivity contribution in [3.05, 3.63) is 32.5 Å². The maximum Gasteiger partial charge on any atom is 0.442 e. The summed E-state index contributed by atoms with van der Waals surface area (Å²) >= 11 is 0. The van der Waals surface area contributed by atoms with Crippen LogP contribution < -0.4 is 5.73 Å². The molecular formula is C5H4N4O4. The smallest absolute Gasteiger partial charge is 0.395 e. The van der Waals surface area contributed by atoms with Crippen LogP contribution >= 0.6 is 0 Å². The van der Waals surface area contributed by atoms with Crippen molar-refractivity contribution in [3.8, 4) is 0 Å². The zero-order chi connectivity index (χ0) is 10.0. The molecule has 0 fully saturated rings. The van der Waals surface area contributed by atoms with Crippen molar-refractivity contribution in [2.24, 2.45) is 0 Å². The van der Waals surface area contributed by atoms with Crippen molar-refractivity contribution in [2.45, 2.75) is 0 Å². The van der Waals surface area contributed by atoms with Crippen molar-refractivity contribution >= 4 is 17.2 Å². The number of aromatic nitrogens is 1. The Bertz CT molecular complexity index is 377. The summed E-state index contributed by atoms with van der Waals surface area (Å²) in [6.07, 6.45) is 0.991. The minimum Gasteiger partial charge on any atom is -0.395 e. The van der Waals surface area contributed by atoms with Gasteiger partial charge in [-0.05, 0) is 9.91 Å². The second kappa shape index (κ2) is 3.01. The summed E-state index contributed by atoms with van der Waals surface area (Å²) in [6, 6.07) is 0.894. The first kappa shape index (κ1) is 8.84. The molecule has 0 aromatic carbocycles. The number of nitrogens with two attached hydrogens (primary N) is 1. The van der Waals surface area contributed by atoms with Crippen LogP contribution in [-0.2, 0) is 0 Å². The minimum atomic E-state index is -0.933. The summed E-state index contributed by atoms with van der Waals surface area (Å²) in [5, 5.41) is 20.5. The van der Waals surface area contributed by atoms with Crippen molar-refractivity contribution in [1.29, 1.82) is 0 Å². The number of pyridine rings is 1. The lowest BCUT2D eigenvalue weighted by atomic mass is 10.3. The van der Waals surface area contributed by atoms with Crippen LogP contribution in [0.15, 0.2) is 12.3 Å². The molecule has 0 amide bonds. The zero-order valence-electron chi connectivity index (χ0n) is 6.21. The second-order valence-corrected chi connectivity index (χ2v) is 2.13. The Morgan fingerprint density at radius 2 is 1.92 bits per heavy atom. The Kier molecular flexibility index (Phi) is 2.05. The van der Waals surface area contributed by atoms with E-state index in [4.69, 9.17) is 5.73 Å². The lowest BCUT2D eigenvalue weighted by Crippen LogP contribution is -2.00. The molecule has 0 aliphatic heterocycles. The van der Waals surface area contributed by atoms with E-state index in [0.29, 0.717) is 0 Å². The monoisotopic (exact) mass is 184 g/mol. The molecule has 13 heavy (non-hydrogen) atoms. The minimum absolute atomic E-state index is 0.0114. The Morgan fingerprint density at radius 3 is 2.38 bits per heavy atom. The Balaban J connectivity index is 3.35. The first-order chi connectivity index (χ1) is 6.02. The summed E-state index contributed by atoms with van der Waals surface area (Å²) in [5.41, 5.74) is 4.48. The molecule has 0 aliphatic rings. The lowest BCUT2D eigenvalue weighted by Gasteiger charge is -1.94. The number of hydrogen-bond donors (Lipinski definition) is 1. The molecule has 0 saturated carbocycles. The molecule has 8 nitrogen and oxygen atoms in total. The van der Waals surface area contributed by atoms with Crippen molar-refractivity contribution < 1.29 is 9.85 Å². The Labute approximate surface area is 71.3 Å². The largest absolute Gasteiger partial charge is 0.442 e. The zero-order valence-corrected chi connectivity index (χ0v) is 6.21. The predicted molar refractivity (Wildman–Crippen MR) is 42.0 cm³/mol. The van der Waals surface area contributed by atoms with Crippen LogP contribution in [0.25, 0.3) is 0 Å². The van der Waals surface area contributed by atoms with Gasteiger partial charge in [0.25, 0.3) is 0 Å². The highest BCUT2D eigenvalue weighted by Crippen LogP contribution is 2.25. The van der Waals surface area contributed by atoms with Gasteiger partial charge in [0, 0.05) is 0 Å². The highest BCUT2D eigenvalue weighted by atomic mass is 16.6. The van der Waals surface area contributed by atoms with E-state index >= 15 is 0 Å². The molecule has 0 aliphatic carbocycles. The SMILES string of the molecule is Nc1cnc([N+](=O)[O-])c([N+](=O)[O-])c1. The molecule has 8 heteroatoms. The van der Waals surface area contributed by atoms with Crippen LogP contribution in [-0.4, -0.2) is 14.8 Å². The first-order valence-corrected chi connectivity index (χ1v) is 3.06. The molecule has 0 bridgehead atoms. The van der Waals surface area contributed by atoms with E-state index in [1.54, 1.807) is 0 Å². The van der Waals surface area contributed by atoms with Gasteiger partial charge in [-0.15, -0.1) is 0 Å². The van der Waals surface area contributed by atoms with Gasteiger partial charge in [-0.3, -0.25) is 10.1 Å². The summed E-state index contributed by atoms with van der Waals surface area (Å²) in [7, 11) is 0. The molecule has 0 saturated heterocycles. The van der Waals surface area contributed by atoms with E-state index in [2.05, 4.69) is 4.98 Å². The fraction of sp³-hybridized carbons (Fsp3) is 0. The van der Waals surface area contributed by atoms with Crippen LogP contribution in [0.1, 0.15) is 0 Å². The molecule has 0 atom stereocenters. The topological polar surface area (TPSA) is 125 Å². The summed E-state index contributed by atoms with van der Waals surface area (Å²) in [6.45, 7) is 0. The highest BCUT2D eigenvalue weighted by molar-refractivity contribution is 5.54. The maximum atomic E-state index is 10.3. The van der Waals surface area contributed by atoms with Crippen LogP contribution in [0.5, 0.6) is 0 Å². The van der Waals surface area contributed by atoms with Crippen LogP contribution in [0.2, 0.25) is 0 Å². The number of hydrogen-bond acceptors (Lipinski definition) is 6. The van der Waals surface area contributed by atoms with Crippen molar-refractivity contribution in [1.82, 2.24) is 4.98 Å². The van der Waals surface area contributed by atoms with Gasteiger partial charge in [0.15, 0.2) is 6.20 Å². The third-order valence-corrected chi connectivity index (χ3v) is 1.24. The number of nitrogen functional groups attached to an aromatic ring is 1. The quantitative estimate of drug-likeness (QED) is 0.526. The van der Waals surface area contributed by atoms with E-state index in [9.17, 15) is 20.2 Å². The molecule has 1 heterocycles. The van der Waals surface area contributed by atoms with Gasteiger partial charge in [-0.2, -0.15) is 0 Å². The van der Waals surface area contributed by atoms with E-state index in [1.165, 1.54) is 0 Å². The molecule has 1 aromatic heterocycles. The Hall–Kier alpha value is -2.25. The average molecular weight is 184 g/mol. The molecule has 0 unspecified atom stereocenters. The number of nitro groups is 2. The standard InChI is InChI=1S/C5H4N4O4/c6-3-1-4(8(10)11)5(7-2-3)9(12)13/h1-2H,6H2. The fourth-order valence-corrected chi connectivity index (χ4v) is 0.737. The number of anilines is 1. The van der Waals surface area contributed by atoms with E-state index < -0.39 is 21.4 Å². The van der Waals surface area contributed by atoms with Gasteiger partial charge >= 0.3 is 11.5 Å². The maximum absolute atomic E-state index is 10.3. The summed E-state index contributed by atoms with van der Waals surface area (Å²) < 4.78 is 0. The number of rotatable bonds is 2. The number of nitrogens with zero attached hydrogens (tertiary/aromatic N) is 3. The third kappa shape index (κ3) is 1.67. The first-order valence-electron chi connectivity index (χ1n) is 3.06. The van der Waals surface area contributed by atoms with E-state index in [1.807, 2.05) is 0 Å². The second-order valence-electron chi connectivity index (χ2n) is 2.13. The third-order valence-electron chi connectivity index (χ3n) is 1.24. The van der Waals surface area contributed by atoms with Gasteiger partial charge < -0.3 is 15.8 Å². The van der Waals surface area contributed by atoms with Crippen LogP contribution in [0, 0.1) is 20.2 Å². The van der Waals surface area contributed by atoms with Crippen LogP contribution in [0.4, 0.5) is 17.2 Å². The molecule has 1 rings (SSSR count). The molecule has 68 valence electrons. The molecule has 2 N–H and O–H groups in total. The van der Waals surface area contributed by atoms with Crippen molar-refractivity contribution in [2.75, 3.05) is 5.73 Å².